The summed E-state index contributed by atoms with van der Waals surface area (Å²) in [7, 11) is 1.78. The van der Waals surface area contributed by atoms with Crippen LogP contribution in [0.25, 0.3) is 10.1 Å². The highest BCUT2D eigenvalue weighted by atomic mass is 32.1. The van der Waals surface area contributed by atoms with Gasteiger partial charge in [0.1, 0.15) is 5.82 Å². The molecule has 2 rings (SSSR count). The molecular formula is C16H21FN2OS. The molecular weight excluding hydrogens is 287 g/mol. The highest BCUT2D eigenvalue weighted by Gasteiger charge is 2.24. The molecule has 0 aliphatic carbocycles. The van der Waals surface area contributed by atoms with Crippen molar-refractivity contribution < 1.29 is 9.18 Å². The second-order valence-electron chi connectivity index (χ2n) is 6.23. The van der Waals surface area contributed by atoms with Crippen LogP contribution in [0.3, 0.4) is 0 Å². The molecule has 2 aromatic rings. The normalized spacial score (nSPS) is 11.9. The summed E-state index contributed by atoms with van der Waals surface area (Å²) in [4.78, 5) is 15.0. The number of nitrogens with two attached hydrogens (primary N) is 1. The highest BCUT2D eigenvalue weighted by Crippen LogP contribution is 2.32. The van der Waals surface area contributed by atoms with E-state index in [0.717, 1.165) is 15.6 Å². The maximum atomic E-state index is 13.3. The summed E-state index contributed by atoms with van der Waals surface area (Å²) in [6.07, 6.45) is 0. The largest absolute Gasteiger partial charge is 0.340 e. The molecule has 0 unspecified atom stereocenters. The van der Waals surface area contributed by atoms with Gasteiger partial charge in [0, 0.05) is 18.3 Å². The van der Waals surface area contributed by atoms with Gasteiger partial charge in [0.2, 0.25) is 0 Å². The predicted octanol–water partition coefficient (Wildman–Crippen LogP) is 3.41. The van der Waals surface area contributed by atoms with E-state index in [0.29, 0.717) is 18.0 Å². The van der Waals surface area contributed by atoms with E-state index in [2.05, 4.69) is 0 Å². The Morgan fingerprint density at radius 2 is 2.10 bits per heavy atom. The van der Waals surface area contributed by atoms with Crippen LogP contribution in [0.5, 0.6) is 0 Å². The van der Waals surface area contributed by atoms with Crippen LogP contribution in [-0.4, -0.2) is 30.9 Å². The number of fused-ring (bicyclic) bond motifs is 1. The minimum absolute atomic E-state index is 0.0318. The van der Waals surface area contributed by atoms with Crippen molar-refractivity contribution in [3.63, 3.8) is 0 Å². The standard InChI is InChI=1S/C16H21FN2OS/c1-10-12-7-11(17)5-6-13(12)21-14(10)15(20)19(4)9-16(2,3)8-18/h5-7H,8-9,18H2,1-4H3. The molecule has 0 radical (unpaired) electrons. The molecule has 0 aliphatic rings. The van der Waals surface area contributed by atoms with Crippen molar-refractivity contribution >= 4 is 27.3 Å². The van der Waals surface area contributed by atoms with E-state index in [1.54, 1.807) is 18.0 Å². The number of thiophene rings is 1. The van der Waals surface area contributed by atoms with E-state index in [9.17, 15) is 9.18 Å². The van der Waals surface area contributed by atoms with E-state index >= 15 is 0 Å². The Hall–Kier alpha value is -1.46. The summed E-state index contributed by atoms with van der Waals surface area (Å²) in [5, 5.41) is 0.815. The number of aryl methyl sites for hydroxylation is 1. The third kappa shape index (κ3) is 3.24. The zero-order valence-electron chi connectivity index (χ0n) is 12.9. The SMILES string of the molecule is Cc1c(C(=O)N(C)CC(C)(C)CN)sc2ccc(F)cc12. The van der Waals surface area contributed by atoms with Gasteiger partial charge < -0.3 is 10.6 Å². The number of carbonyl (C=O) groups is 1. The van der Waals surface area contributed by atoms with Crippen LogP contribution in [0, 0.1) is 18.2 Å². The van der Waals surface area contributed by atoms with E-state index in [4.69, 9.17) is 5.73 Å². The molecule has 1 aromatic heterocycles. The van der Waals surface area contributed by atoms with E-state index in [1.807, 2.05) is 20.8 Å². The van der Waals surface area contributed by atoms with Gasteiger partial charge in [-0.15, -0.1) is 11.3 Å². The average Bonchev–Trinajstić information content (AvgIpc) is 2.74. The third-order valence-corrected chi connectivity index (χ3v) is 4.92. The Morgan fingerprint density at radius 1 is 1.43 bits per heavy atom. The maximum absolute atomic E-state index is 13.3. The summed E-state index contributed by atoms with van der Waals surface area (Å²) >= 11 is 1.41. The monoisotopic (exact) mass is 308 g/mol. The molecule has 0 saturated carbocycles. The van der Waals surface area contributed by atoms with Gasteiger partial charge in [0.25, 0.3) is 5.91 Å². The molecule has 0 atom stereocenters. The van der Waals surface area contributed by atoms with Gasteiger partial charge >= 0.3 is 0 Å². The number of halogens is 1. The molecule has 0 aliphatic heterocycles. The van der Waals surface area contributed by atoms with E-state index < -0.39 is 0 Å². The highest BCUT2D eigenvalue weighted by molar-refractivity contribution is 7.21. The fourth-order valence-corrected chi connectivity index (χ4v) is 3.53. The molecule has 0 bridgehead atoms. The maximum Gasteiger partial charge on any atom is 0.263 e. The number of carbonyl (C=O) groups excluding carboxylic acids is 1. The second kappa shape index (κ2) is 5.73. The Balaban J connectivity index is 2.33. The molecule has 3 nitrogen and oxygen atoms in total. The Kier molecular flexibility index (Phi) is 4.35. The molecule has 1 heterocycles. The quantitative estimate of drug-likeness (QED) is 0.941. The third-order valence-electron chi connectivity index (χ3n) is 3.66. The van der Waals surface area contributed by atoms with Gasteiger partial charge in [-0.1, -0.05) is 13.8 Å². The lowest BCUT2D eigenvalue weighted by Crippen LogP contribution is -2.39. The molecule has 1 amide bonds. The number of nitrogens with zero attached hydrogens (tertiary/aromatic N) is 1. The lowest BCUT2D eigenvalue weighted by molar-refractivity contribution is 0.0745. The first-order chi connectivity index (χ1) is 9.75. The van der Waals surface area contributed by atoms with Crippen molar-refractivity contribution in [3.05, 3.63) is 34.5 Å². The van der Waals surface area contributed by atoms with Gasteiger partial charge in [-0.05, 0) is 48.0 Å². The van der Waals surface area contributed by atoms with Crippen LogP contribution in [0.15, 0.2) is 18.2 Å². The lowest BCUT2D eigenvalue weighted by Gasteiger charge is -2.28. The zero-order chi connectivity index (χ0) is 15.8. The van der Waals surface area contributed by atoms with Crippen molar-refractivity contribution in [2.75, 3.05) is 20.1 Å². The molecule has 0 spiro atoms. The van der Waals surface area contributed by atoms with Crippen LogP contribution in [0.2, 0.25) is 0 Å². The lowest BCUT2D eigenvalue weighted by atomic mass is 9.93. The summed E-state index contributed by atoms with van der Waals surface area (Å²) in [6.45, 7) is 7.03. The van der Waals surface area contributed by atoms with Gasteiger partial charge in [0.05, 0.1) is 4.88 Å². The second-order valence-corrected chi connectivity index (χ2v) is 7.28. The molecule has 0 saturated heterocycles. The Labute approximate surface area is 128 Å². The number of amides is 1. The van der Waals surface area contributed by atoms with Crippen LogP contribution in [0.1, 0.15) is 29.1 Å². The zero-order valence-corrected chi connectivity index (χ0v) is 13.7. The van der Waals surface area contributed by atoms with Gasteiger partial charge in [-0.3, -0.25) is 4.79 Å². The van der Waals surface area contributed by atoms with E-state index in [1.165, 1.54) is 23.5 Å². The first-order valence-electron chi connectivity index (χ1n) is 6.89. The number of hydrogen-bond acceptors (Lipinski definition) is 3. The summed E-state index contributed by atoms with van der Waals surface area (Å²) in [6, 6.07) is 4.64. The first-order valence-corrected chi connectivity index (χ1v) is 7.71. The van der Waals surface area contributed by atoms with Gasteiger partial charge in [-0.2, -0.15) is 0 Å². The number of rotatable bonds is 4. The fourth-order valence-electron chi connectivity index (χ4n) is 2.35. The van der Waals surface area contributed by atoms with Crippen molar-refractivity contribution in [1.82, 2.24) is 4.90 Å². The summed E-state index contributed by atoms with van der Waals surface area (Å²) < 4.78 is 14.3. The molecule has 114 valence electrons. The van der Waals surface area contributed by atoms with Crippen molar-refractivity contribution in [2.24, 2.45) is 11.1 Å². The molecule has 1 aromatic carbocycles. The molecule has 2 N–H and O–H groups in total. The molecule has 5 heteroatoms. The summed E-state index contributed by atoms with van der Waals surface area (Å²) in [5.74, 6) is -0.310. The average molecular weight is 308 g/mol. The number of hydrogen-bond donors (Lipinski definition) is 1. The van der Waals surface area contributed by atoms with Crippen LogP contribution >= 0.6 is 11.3 Å². The molecule has 21 heavy (non-hydrogen) atoms. The topological polar surface area (TPSA) is 46.3 Å². The smallest absolute Gasteiger partial charge is 0.263 e. The van der Waals surface area contributed by atoms with Gasteiger partial charge in [0.15, 0.2) is 0 Å². The van der Waals surface area contributed by atoms with Crippen LogP contribution in [0.4, 0.5) is 4.39 Å². The minimum atomic E-state index is -0.278. The van der Waals surface area contributed by atoms with Crippen LogP contribution < -0.4 is 5.73 Å². The van der Waals surface area contributed by atoms with Gasteiger partial charge in [-0.25, -0.2) is 4.39 Å². The van der Waals surface area contributed by atoms with E-state index in [-0.39, 0.29) is 17.1 Å². The Morgan fingerprint density at radius 3 is 2.71 bits per heavy atom. The van der Waals surface area contributed by atoms with Crippen molar-refractivity contribution in [1.29, 1.82) is 0 Å². The van der Waals surface area contributed by atoms with Crippen molar-refractivity contribution in [3.8, 4) is 0 Å². The molecule has 0 fully saturated rings. The number of benzene rings is 1. The Bertz CT molecular complexity index is 678. The summed E-state index contributed by atoms with van der Waals surface area (Å²) in [5.41, 5.74) is 6.44. The fraction of sp³-hybridized carbons (Fsp3) is 0.438. The first kappa shape index (κ1) is 15.9. The minimum Gasteiger partial charge on any atom is -0.340 e. The van der Waals surface area contributed by atoms with Crippen LogP contribution in [-0.2, 0) is 0 Å². The predicted molar refractivity (Wildman–Crippen MR) is 86.3 cm³/mol. The van der Waals surface area contributed by atoms with Crippen molar-refractivity contribution in [2.45, 2.75) is 20.8 Å².